The Labute approximate surface area is 118 Å². The van der Waals surface area contributed by atoms with Gasteiger partial charge in [0.1, 0.15) is 5.75 Å². The van der Waals surface area contributed by atoms with Crippen LogP contribution in [0.25, 0.3) is 0 Å². The number of carbonyl (C=O) groups excluding carboxylic acids is 1. The van der Waals surface area contributed by atoms with Crippen molar-refractivity contribution < 1.29 is 22.7 Å². The van der Waals surface area contributed by atoms with E-state index in [9.17, 15) is 18.0 Å². The van der Waals surface area contributed by atoms with Gasteiger partial charge in [0.25, 0.3) is 0 Å². The largest absolute Gasteiger partial charge is 0.573 e. The molecule has 0 N–H and O–H groups in total. The topological polar surface area (TPSA) is 26.3 Å². The van der Waals surface area contributed by atoms with Gasteiger partial charge in [0.05, 0.1) is 3.79 Å². The standard InChI is InChI=1S/C12H6BrF3O2S/c13-10-5-8(6-19-10)11(17)7-2-1-3-9(4-7)18-12(14,15)16/h1-6H. The molecule has 1 heterocycles. The fraction of sp³-hybridized carbons (Fsp3) is 0.0833. The fourth-order valence-electron chi connectivity index (χ4n) is 1.43. The number of rotatable bonds is 3. The number of ether oxygens (including phenoxy) is 1. The van der Waals surface area contributed by atoms with Crippen molar-refractivity contribution in [3.63, 3.8) is 0 Å². The summed E-state index contributed by atoms with van der Waals surface area (Å²) in [6.45, 7) is 0. The van der Waals surface area contributed by atoms with E-state index in [1.165, 1.54) is 23.5 Å². The number of alkyl halides is 3. The van der Waals surface area contributed by atoms with Crippen molar-refractivity contribution >= 4 is 33.0 Å². The molecule has 7 heteroatoms. The van der Waals surface area contributed by atoms with Crippen LogP contribution in [0.1, 0.15) is 15.9 Å². The fourth-order valence-corrected chi connectivity index (χ4v) is 2.57. The summed E-state index contributed by atoms with van der Waals surface area (Å²) in [6.07, 6.45) is -4.77. The minimum Gasteiger partial charge on any atom is -0.406 e. The van der Waals surface area contributed by atoms with Crippen molar-refractivity contribution in [1.29, 1.82) is 0 Å². The van der Waals surface area contributed by atoms with Gasteiger partial charge in [-0.05, 0) is 34.1 Å². The third-order valence-corrected chi connectivity index (χ3v) is 3.66. The van der Waals surface area contributed by atoms with E-state index < -0.39 is 12.1 Å². The molecule has 2 aromatic rings. The third-order valence-electron chi connectivity index (χ3n) is 2.16. The van der Waals surface area contributed by atoms with Gasteiger partial charge in [0.2, 0.25) is 0 Å². The molecular weight excluding hydrogens is 345 g/mol. The predicted octanol–water partition coefficient (Wildman–Crippen LogP) is 4.64. The highest BCUT2D eigenvalue weighted by molar-refractivity contribution is 9.11. The van der Waals surface area contributed by atoms with Gasteiger partial charge < -0.3 is 4.74 Å². The Hall–Kier alpha value is -1.34. The van der Waals surface area contributed by atoms with Crippen LogP contribution < -0.4 is 4.74 Å². The van der Waals surface area contributed by atoms with Crippen LogP contribution in [-0.4, -0.2) is 12.1 Å². The molecule has 0 amide bonds. The number of ketones is 1. The summed E-state index contributed by atoms with van der Waals surface area (Å²) >= 11 is 4.55. The van der Waals surface area contributed by atoms with Crippen molar-refractivity contribution in [2.45, 2.75) is 6.36 Å². The Morgan fingerprint density at radius 1 is 1.21 bits per heavy atom. The van der Waals surface area contributed by atoms with E-state index in [1.54, 1.807) is 11.4 Å². The van der Waals surface area contributed by atoms with E-state index in [1.807, 2.05) is 0 Å². The minimum absolute atomic E-state index is 0.145. The Kier molecular flexibility index (Phi) is 3.96. The maximum Gasteiger partial charge on any atom is 0.573 e. The van der Waals surface area contributed by atoms with Crippen molar-refractivity contribution in [1.82, 2.24) is 0 Å². The zero-order chi connectivity index (χ0) is 14.0. The summed E-state index contributed by atoms with van der Waals surface area (Å²) in [5.74, 6) is -0.762. The molecule has 0 atom stereocenters. The third kappa shape index (κ3) is 3.81. The molecule has 0 radical (unpaired) electrons. The van der Waals surface area contributed by atoms with Crippen molar-refractivity contribution in [2.24, 2.45) is 0 Å². The van der Waals surface area contributed by atoms with Crippen molar-refractivity contribution in [3.8, 4) is 5.75 Å². The highest BCUT2D eigenvalue weighted by Crippen LogP contribution is 2.26. The number of carbonyl (C=O) groups is 1. The first-order valence-corrected chi connectivity index (χ1v) is 6.67. The predicted molar refractivity (Wildman–Crippen MR) is 68.6 cm³/mol. The van der Waals surface area contributed by atoms with E-state index in [0.717, 1.165) is 15.9 Å². The van der Waals surface area contributed by atoms with Gasteiger partial charge in [0, 0.05) is 16.5 Å². The Bertz CT molecular complexity index is 607. The van der Waals surface area contributed by atoms with Gasteiger partial charge >= 0.3 is 6.36 Å². The van der Waals surface area contributed by atoms with E-state index in [0.29, 0.717) is 5.56 Å². The van der Waals surface area contributed by atoms with Crippen LogP contribution in [0.3, 0.4) is 0 Å². The lowest BCUT2D eigenvalue weighted by Gasteiger charge is -2.09. The molecule has 100 valence electrons. The molecule has 0 unspecified atom stereocenters. The molecule has 0 aliphatic heterocycles. The van der Waals surface area contributed by atoms with Crippen LogP contribution in [0, 0.1) is 0 Å². The Morgan fingerprint density at radius 3 is 2.53 bits per heavy atom. The molecule has 1 aromatic heterocycles. The monoisotopic (exact) mass is 350 g/mol. The van der Waals surface area contributed by atoms with Crippen LogP contribution in [-0.2, 0) is 0 Å². The van der Waals surface area contributed by atoms with Gasteiger partial charge in [-0.3, -0.25) is 4.79 Å². The first-order valence-electron chi connectivity index (χ1n) is 5.00. The van der Waals surface area contributed by atoms with Gasteiger partial charge in [-0.2, -0.15) is 0 Å². The average Bonchev–Trinajstić information content (AvgIpc) is 2.73. The summed E-state index contributed by atoms with van der Waals surface area (Å²) in [5.41, 5.74) is 0.563. The van der Waals surface area contributed by atoms with Crippen LogP contribution in [0.2, 0.25) is 0 Å². The molecule has 0 aliphatic carbocycles. The van der Waals surface area contributed by atoms with Crippen molar-refractivity contribution in [3.05, 3.63) is 50.6 Å². The number of benzene rings is 1. The second kappa shape index (κ2) is 5.34. The molecule has 2 rings (SSSR count). The molecule has 0 saturated carbocycles. The zero-order valence-corrected chi connectivity index (χ0v) is 11.6. The molecule has 19 heavy (non-hydrogen) atoms. The first-order chi connectivity index (χ1) is 8.85. The normalized spacial score (nSPS) is 11.4. The highest BCUT2D eigenvalue weighted by atomic mass is 79.9. The lowest BCUT2D eigenvalue weighted by molar-refractivity contribution is -0.274. The molecule has 0 fully saturated rings. The minimum atomic E-state index is -4.77. The molecule has 1 aromatic carbocycles. The molecular formula is C12H6BrF3O2S. The first kappa shape index (κ1) is 14.1. The number of hydrogen-bond acceptors (Lipinski definition) is 3. The number of thiophene rings is 1. The quantitative estimate of drug-likeness (QED) is 0.753. The zero-order valence-electron chi connectivity index (χ0n) is 9.20. The van der Waals surface area contributed by atoms with Gasteiger partial charge in [-0.25, -0.2) is 0 Å². The average molecular weight is 351 g/mol. The van der Waals surface area contributed by atoms with Crippen LogP contribution >= 0.6 is 27.3 Å². The Morgan fingerprint density at radius 2 is 1.95 bits per heavy atom. The maximum absolute atomic E-state index is 12.1. The summed E-state index contributed by atoms with van der Waals surface area (Å²) < 4.78 is 40.8. The number of hydrogen-bond donors (Lipinski definition) is 0. The number of halogens is 4. The van der Waals surface area contributed by atoms with Crippen LogP contribution in [0.15, 0.2) is 39.5 Å². The smallest absolute Gasteiger partial charge is 0.406 e. The summed E-state index contributed by atoms with van der Waals surface area (Å²) in [6, 6.07) is 6.62. The maximum atomic E-state index is 12.1. The second-order valence-electron chi connectivity index (χ2n) is 3.54. The summed E-state index contributed by atoms with van der Waals surface area (Å²) in [4.78, 5) is 12.0. The van der Waals surface area contributed by atoms with E-state index in [2.05, 4.69) is 20.7 Å². The van der Waals surface area contributed by atoms with Crippen LogP contribution in [0.5, 0.6) is 5.75 Å². The van der Waals surface area contributed by atoms with Gasteiger partial charge in [0.15, 0.2) is 5.78 Å². The second-order valence-corrected chi connectivity index (χ2v) is 5.83. The molecule has 0 spiro atoms. The molecule has 2 nitrogen and oxygen atoms in total. The van der Waals surface area contributed by atoms with E-state index >= 15 is 0 Å². The van der Waals surface area contributed by atoms with Gasteiger partial charge in [-0.15, -0.1) is 24.5 Å². The Balaban J connectivity index is 2.26. The summed E-state index contributed by atoms with van der Waals surface area (Å²) in [5, 5.41) is 1.63. The molecule has 0 aliphatic rings. The SMILES string of the molecule is O=C(c1cccc(OC(F)(F)F)c1)c1csc(Br)c1. The van der Waals surface area contributed by atoms with Crippen molar-refractivity contribution in [2.75, 3.05) is 0 Å². The lowest BCUT2D eigenvalue weighted by atomic mass is 10.1. The summed E-state index contributed by atoms with van der Waals surface area (Å²) in [7, 11) is 0. The highest BCUT2D eigenvalue weighted by Gasteiger charge is 2.31. The van der Waals surface area contributed by atoms with Gasteiger partial charge in [-0.1, -0.05) is 12.1 Å². The molecule has 0 bridgehead atoms. The molecule has 0 saturated heterocycles. The van der Waals surface area contributed by atoms with E-state index in [4.69, 9.17) is 0 Å². The van der Waals surface area contributed by atoms with Crippen LogP contribution in [0.4, 0.5) is 13.2 Å². The lowest BCUT2D eigenvalue weighted by Crippen LogP contribution is -2.17. The van der Waals surface area contributed by atoms with E-state index in [-0.39, 0.29) is 11.3 Å².